The summed E-state index contributed by atoms with van der Waals surface area (Å²) in [5, 5.41) is 14.5. The summed E-state index contributed by atoms with van der Waals surface area (Å²) in [7, 11) is 0. The van der Waals surface area contributed by atoms with E-state index in [2.05, 4.69) is 10.6 Å². The molecule has 19 heavy (non-hydrogen) atoms. The molecule has 0 fully saturated rings. The molecular weight excluding hydrogens is 248 g/mol. The zero-order valence-electron chi connectivity index (χ0n) is 11.4. The highest BCUT2D eigenvalue weighted by Gasteiger charge is 2.12. The standard InChI is InChI=1S/C13H20N2O4/c1-8(2)5-15-12(16)7-14-6-10-4-11(13(17)18)19-9(10)3/h4,8,14H,5-7H2,1-3H3,(H,15,16)(H,17,18). The van der Waals surface area contributed by atoms with Gasteiger partial charge in [-0.05, 0) is 18.9 Å². The number of carboxylic acid groups (broad SMARTS) is 1. The van der Waals surface area contributed by atoms with Crippen LogP contribution in [-0.4, -0.2) is 30.1 Å². The number of carboxylic acids is 1. The fraction of sp³-hybridized carbons (Fsp3) is 0.538. The fourth-order valence-electron chi connectivity index (χ4n) is 1.49. The van der Waals surface area contributed by atoms with Crippen LogP contribution in [0, 0.1) is 12.8 Å². The lowest BCUT2D eigenvalue weighted by atomic mass is 10.2. The van der Waals surface area contributed by atoms with Gasteiger partial charge in [-0.2, -0.15) is 0 Å². The van der Waals surface area contributed by atoms with Crippen LogP contribution >= 0.6 is 0 Å². The van der Waals surface area contributed by atoms with E-state index >= 15 is 0 Å². The lowest BCUT2D eigenvalue weighted by Gasteiger charge is -2.08. The van der Waals surface area contributed by atoms with Gasteiger partial charge in [0.25, 0.3) is 0 Å². The first-order chi connectivity index (χ1) is 8.90. The van der Waals surface area contributed by atoms with E-state index in [-0.39, 0.29) is 18.2 Å². The molecule has 1 aromatic rings. The molecule has 6 nitrogen and oxygen atoms in total. The number of carbonyl (C=O) groups excluding carboxylic acids is 1. The molecule has 1 aromatic heterocycles. The molecule has 1 rings (SSSR count). The van der Waals surface area contributed by atoms with E-state index in [9.17, 15) is 9.59 Å². The maximum Gasteiger partial charge on any atom is 0.371 e. The number of aryl methyl sites for hydroxylation is 1. The lowest BCUT2D eigenvalue weighted by Crippen LogP contribution is -2.35. The van der Waals surface area contributed by atoms with Crippen LogP contribution in [0.4, 0.5) is 0 Å². The summed E-state index contributed by atoms with van der Waals surface area (Å²) in [6, 6.07) is 1.47. The van der Waals surface area contributed by atoms with Gasteiger partial charge >= 0.3 is 5.97 Å². The van der Waals surface area contributed by atoms with Gasteiger partial charge < -0.3 is 20.2 Å². The van der Waals surface area contributed by atoms with Gasteiger partial charge in [0.05, 0.1) is 6.54 Å². The highest BCUT2D eigenvalue weighted by atomic mass is 16.4. The van der Waals surface area contributed by atoms with Crippen molar-refractivity contribution in [2.75, 3.05) is 13.1 Å². The Balaban J connectivity index is 2.37. The van der Waals surface area contributed by atoms with E-state index in [0.29, 0.717) is 24.8 Å². The topological polar surface area (TPSA) is 91.6 Å². The molecule has 0 aliphatic carbocycles. The molecule has 0 spiro atoms. The zero-order valence-corrected chi connectivity index (χ0v) is 11.4. The molecule has 0 aliphatic heterocycles. The first-order valence-corrected chi connectivity index (χ1v) is 6.20. The summed E-state index contributed by atoms with van der Waals surface area (Å²) in [4.78, 5) is 22.2. The third kappa shape index (κ3) is 5.13. The highest BCUT2D eigenvalue weighted by molar-refractivity contribution is 5.84. The second-order valence-corrected chi connectivity index (χ2v) is 4.80. The average molecular weight is 268 g/mol. The largest absolute Gasteiger partial charge is 0.475 e. The smallest absolute Gasteiger partial charge is 0.371 e. The molecule has 1 amide bonds. The van der Waals surface area contributed by atoms with Crippen molar-refractivity contribution in [3.63, 3.8) is 0 Å². The van der Waals surface area contributed by atoms with Gasteiger partial charge in [0.1, 0.15) is 5.76 Å². The molecule has 3 N–H and O–H groups in total. The summed E-state index contributed by atoms with van der Waals surface area (Å²) in [6.45, 7) is 6.99. The monoisotopic (exact) mass is 268 g/mol. The molecule has 6 heteroatoms. The molecule has 106 valence electrons. The average Bonchev–Trinajstić information content (AvgIpc) is 2.69. The summed E-state index contributed by atoms with van der Waals surface area (Å²) in [5.74, 6) is -0.290. The van der Waals surface area contributed by atoms with Crippen molar-refractivity contribution in [1.82, 2.24) is 10.6 Å². The lowest BCUT2D eigenvalue weighted by molar-refractivity contribution is -0.120. The molecule has 0 atom stereocenters. The quantitative estimate of drug-likeness (QED) is 0.690. The minimum Gasteiger partial charge on any atom is -0.475 e. The highest BCUT2D eigenvalue weighted by Crippen LogP contribution is 2.14. The van der Waals surface area contributed by atoms with Crippen LogP contribution in [0.2, 0.25) is 0 Å². The Morgan fingerprint density at radius 3 is 2.63 bits per heavy atom. The van der Waals surface area contributed by atoms with Gasteiger partial charge in [0, 0.05) is 18.7 Å². The van der Waals surface area contributed by atoms with Crippen molar-refractivity contribution < 1.29 is 19.1 Å². The first kappa shape index (κ1) is 15.2. The van der Waals surface area contributed by atoms with Crippen LogP contribution in [0.15, 0.2) is 10.5 Å². The minimum atomic E-state index is -1.09. The van der Waals surface area contributed by atoms with E-state index < -0.39 is 5.97 Å². The number of nitrogens with one attached hydrogen (secondary N) is 2. The third-order valence-corrected chi connectivity index (χ3v) is 2.54. The number of hydrogen-bond donors (Lipinski definition) is 3. The molecule has 0 aliphatic rings. The van der Waals surface area contributed by atoms with Gasteiger partial charge in [-0.1, -0.05) is 13.8 Å². The van der Waals surface area contributed by atoms with Crippen molar-refractivity contribution in [3.8, 4) is 0 Å². The van der Waals surface area contributed by atoms with Gasteiger partial charge in [-0.15, -0.1) is 0 Å². The predicted octanol–water partition coefficient (Wildman–Crippen LogP) is 1.15. The second-order valence-electron chi connectivity index (χ2n) is 4.80. The summed E-state index contributed by atoms with van der Waals surface area (Å²) in [6.07, 6.45) is 0. The van der Waals surface area contributed by atoms with Crippen molar-refractivity contribution >= 4 is 11.9 Å². The van der Waals surface area contributed by atoms with Crippen molar-refractivity contribution in [1.29, 1.82) is 0 Å². The van der Waals surface area contributed by atoms with Crippen molar-refractivity contribution in [2.24, 2.45) is 5.92 Å². The SMILES string of the molecule is Cc1oc(C(=O)O)cc1CNCC(=O)NCC(C)C. The number of aromatic carboxylic acids is 1. The number of amides is 1. The van der Waals surface area contributed by atoms with E-state index in [0.717, 1.165) is 5.56 Å². The van der Waals surface area contributed by atoms with Crippen LogP contribution in [0.25, 0.3) is 0 Å². The molecular formula is C13H20N2O4. The molecule has 0 aromatic carbocycles. The van der Waals surface area contributed by atoms with Gasteiger partial charge in [-0.3, -0.25) is 4.79 Å². The predicted molar refractivity (Wildman–Crippen MR) is 70.0 cm³/mol. The van der Waals surface area contributed by atoms with Gasteiger partial charge in [-0.25, -0.2) is 4.79 Å². The van der Waals surface area contributed by atoms with Crippen LogP contribution in [0.1, 0.15) is 35.7 Å². The van der Waals surface area contributed by atoms with Gasteiger partial charge in [0.2, 0.25) is 11.7 Å². The van der Waals surface area contributed by atoms with Crippen molar-refractivity contribution in [3.05, 3.63) is 23.2 Å². The number of carbonyl (C=O) groups is 2. The van der Waals surface area contributed by atoms with Gasteiger partial charge in [0.15, 0.2) is 0 Å². The van der Waals surface area contributed by atoms with E-state index in [1.807, 2.05) is 13.8 Å². The zero-order chi connectivity index (χ0) is 14.4. The third-order valence-electron chi connectivity index (χ3n) is 2.54. The van der Waals surface area contributed by atoms with E-state index in [1.54, 1.807) is 6.92 Å². The van der Waals surface area contributed by atoms with E-state index in [4.69, 9.17) is 9.52 Å². The van der Waals surface area contributed by atoms with Crippen LogP contribution in [0.3, 0.4) is 0 Å². The van der Waals surface area contributed by atoms with Crippen molar-refractivity contribution in [2.45, 2.75) is 27.3 Å². The molecule has 1 heterocycles. The maximum atomic E-state index is 11.4. The molecule has 0 unspecified atom stereocenters. The number of rotatable bonds is 7. The summed E-state index contributed by atoms with van der Waals surface area (Å²) < 4.78 is 5.07. The van der Waals surface area contributed by atoms with E-state index in [1.165, 1.54) is 6.07 Å². The van der Waals surface area contributed by atoms with Crippen LogP contribution in [0.5, 0.6) is 0 Å². The Bertz CT molecular complexity index is 451. The summed E-state index contributed by atoms with van der Waals surface area (Å²) >= 11 is 0. The second kappa shape index (κ2) is 6.94. The molecule has 0 bridgehead atoms. The summed E-state index contributed by atoms with van der Waals surface area (Å²) in [5.41, 5.74) is 0.744. The maximum absolute atomic E-state index is 11.4. The minimum absolute atomic E-state index is 0.0756. The Morgan fingerprint density at radius 1 is 1.42 bits per heavy atom. The normalized spacial score (nSPS) is 10.7. The molecule has 0 saturated carbocycles. The molecule has 0 radical (unpaired) electrons. The first-order valence-electron chi connectivity index (χ1n) is 6.20. The number of furan rings is 1. The number of hydrogen-bond acceptors (Lipinski definition) is 4. The van der Waals surface area contributed by atoms with Crippen LogP contribution in [-0.2, 0) is 11.3 Å². The Hall–Kier alpha value is -1.82. The molecule has 0 saturated heterocycles. The Morgan fingerprint density at radius 2 is 2.11 bits per heavy atom. The Labute approximate surface area is 112 Å². The van der Waals surface area contributed by atoms with Crippen LogP contribution < -0.4 is 10.6 Å². The Kier molecular flexibility index (Phi) is 5.57. The fourth-order valence-corrected chi connectivity index (χ4v) is 1.49.